The van der Waals surface area contributed by atoms with E-state index in [1.165, 1.54) is 12.1 Å². The van der Waals surface area contributed by atoms with E-state index in [0.29, 0.717) is 16.5 Å². The highest BCUT2D eigenvalue weighted by molar-refractivity contribution is 7.90. The lowest BCUT2D eigenvalue weighted by Crippen LogP contribution is -2.08. The van der Waals surface area contributed by atoms with E-state index in [0.717, 1.165) is 11.8 Å². The average molecular weight is 307 g/mol. The first-order valence-corrected chi connectivity index (χ1v) is 8.04. The van der Waals surface area contributed by atoms with Crippen LogP contribution >= 0.6 is 12.2 Å². The van der Waals surface area contributed by atoms with Crippen LogP contribution in [0, 0.1) is 0 Å². The molecule has 2 aromatic rings. The molecule has 0 atom stereocenters. The highest BCUT2D eigenvalue weighted by Crippen LogP contribution is 2.24. The standard InChI is InChI=1S/C14H13NO3S2/c1-20(16,17)13-4-2-3-12(9-13)18-11-7-5-10(6-8-11)14(15)19/h2-9H,1H3,(H2,15,19). The zero-order valence-corrected chi connectivity index (χ0v) is 12.4. The molecule has 0 saturated heterocycles. The van der Waals surface area contributed by atoms with Gasteiger partial charge < -0.3 is 10.5 Å². The Morgan fingerprint density at radius 2 is 1.75 bits per heavy atom. The maximum atomic E-state index is 11.5. The first-order valence-electron chi connectivity index (χ1n) is 5.74. The fourth-order valence-electron chi connectivity index (χ4n) is 1.59. The molecule has 2 aromatic carbocycles. The van der Waals surface area contributed by atoms with Crippen LogP contribution in [-0.4, -0.2) is 19.7 Å². The summed E-state index contributed by atoms with van der Waals surface area (Å²) in [5.41, 5.74) is 6.26. The Bertz CT molecular complexity index is 737. The lowest BCUT2D eigenvalue weighted by molar-refractivity contribution is 0.481. The van der Waals surface area contributed by atoms with Gasteiger partial charge in [0.15, 0.2) is 9.84 Å². The molecule has 0 radical (unpaired) electrons. The van der Waals surface area contributed by atoms with Crippen molar-refractivity contribution in [3.63, 3.8) is 0 Å². The van der Waals surface area contributed by atoms with Gasteiger partial charge >= 0.3 is 0 Å². The summed E-state index contributed by atoms with van der Waals surface area (Å²) < 4.78 is 28.5. The van der Waals surface area contributed by atoms with Crippen LogP contribution in [0.3, 0.4) is 0 Å². The topological polar surface area (TPSA) is 69.4 Å². The Kier molecular flexibility index (Phi) is 4.06. The van der Waals surface area contributed by atoms with Crippen LogP contribution in [0.25, 0.3) is 0 Å². The second kappa shape index (κ2) is 5.60. The van der Waals surface area contributed by atoms with Gasteiger partial charge in [0.2, 0.25) is 0 Å². The lowest BCUT2D eigenvalue weighted by atomic mass is 10.2. The molecule has 0 aliphatic rings. The number of thiocarbonyl (C=S) groups is 1. The molecule has 0 bridgehead atoms. The van der Waals surface area contributed by atoms with Crippen molar-refractivity contribution in [2.45, 2.75) is 4.90 Å². The molecule has 0 fully saturated rings. The first-order chi connectivity index (χ1) is 9.36. The van der Waals surface area contributed by atoms with Gasteiger partial charge in [-0.25, -0.2) is 8.42 Å². The molecule has 0 amide bonds. The molecule has 20 heavy (non-hydrogen) atoms. The molecule has 6 heteroatoms. The summed E-state index contributed by atoms with van der Waals surface area (Å²) >= 11 is 4.86. The number of benzene rings is 2. The second-order valence-electron chi connectivity index (χ2n) is 4.24. The summed E-state index contributed by atoms with van der Waals surface area (Å²) in [5, 5.41) is 0. The minimum atomic E-state index is -3.25. The second-order valence-corrected chi connectivity index (χ2v) is 6.69. The van der Waals surface area contributed by atoms with E-state index in [1.807, 2.05) is 0 Å². The largest absolute Gasteiger partial charge is 0.457 e. The van der Waals surface area contributed by atoms with Gasteiger partial charge in [-0.05, 0) is 42.5 Å². The summed E-state index contributed by atoms with van der Waals surface area (Å²) in [6.45, 7) is 0. The van der Waals surface area contributed by atoms with Crippen molar-refractivity contribution in [1.29, 1.82) is 0 Å². The Balaban J connectivity index is 2.24. The first kappa shape index (κ1) is 14.5. The normalized spacial score (nSPS) is 11.1. The summed E-state index contributed by atoms with van der Waals surface area (Å²) in [6, 6.07) is 13.3. The molecular weight excluding hydrogens is 294 g/mol. The number of rotatable bonds is 4. The maximum Gasteiger partial charge on any atom is 0.175 e. The number of hydrogen-bond acceptors (Lipinski definition) is 4. The van der Waals surface area contributed by atoms with Gasteiger partial charge in [0, 0.05) is 11.8 Å². The molecule has 4 nitrogen and oxygen atoms in total. The minimum absolute atomic E-state index is 0.217. The third kappa shape index (κ3) is 3.55. The van der Waals surface area contributed by atoms with Crippen LogP contribution < -0.4 is 10.5 Å². The molecular formula is C14H13NO3S2. The molecule has 0 spiro atoms. The highest BCUT2D eigenvalue weighted by Gasteiger charge is 2.08. The monoisotopic (exact) mass is 307 g/mol. The smallest absolute Gasteiger partial charge is 0.175 e. The number of ether oxygens (including phenoxy) is 1. The molecule has 0 unspecified atom stereocenters. The molecule has 0 saturated carbocycles. The van der Waals surface area contributed by atoms with E-state index in [2.05, 4.69) is 0 Å². The molecule has 2 rings (SSSR count). The number of hydrogen-bond donors (Lipinski definition) is 1. The van der Waals surface area contributed by atoms with E-state index in [-0.39, 0.29) is 4.90 Å². The van der Waals surface area contributed by atoms with Crippen molar-refractivity contribution >= 4 is 27.0 Å². The van der Waals surface area contributed by atoms with Crippen LogP contribution in [0.1, 0.15) is 5.56 Å². The molecule has 0 heterocycles. The predicted molar refractivity (Wildman–Crippen MR) is 82.0 cm³/mol. The molecule has 104 valence electrons. The van der Waals surface area contributed by atoms with Gasteiger partial charge in [-0.1, -0.05) is 18.3 Å². The van der Waals surface area contributed by atoms with Crippen LogP contribution in [0.4, 0.5) is 0 Å². The third-order valence-electron chi connectivity index (χ3n) is 2.61. The summed E-state index contributed by atoms with van der Waals surface area (Å²) in [7, 11) is -3.25. The van der Waals surface area contributed by atoms with Crippen molar-refractivity contribution in [3.8, 4) is 11.5 Å². The van der Waals surface area contributed by atoms with E-state index in [4.69, 9.17) is 22.7 Å². The number of nitrogens with two attached hydrogens (primary N) is 1. The Morgan fingerprint density at radius 1 is 1.10 bits per heavy atom. The fourth-order valence-corrected chi connectivity index (χ4v) is 2.38. The lowest BCUT2D eigenvalue weighted by Gasteiger charge is -2.07. The van der Waals surface area contributed by atoms with Gasteiger partial charge in [-0.3, -0.25) is 0 Å². The van der Waals surface area contributed by atoms with Crippen molar-refractivity contribution in [3.05, 3.63) is 54.1 Å². The van der Waals surface area contributed by atoms with Crippen molar-refractivity contribution < 1.29 is 13.2 Å². The molecule has 0 aliphatic heterocycles. The summed E-state index contributed by atoms with van der Waals surface area (Å²) in [4.78, 5) is 0.533. The van der Waals surface area contributed by atoms with Crippen LogP contribution in [0.15, 0.2) is 53.4 Å². The van der Waals surface area contributed by atoms with E-state index in [9.17, 15) is 8.42 Å². The highest BCUT2D eigenvalue weighted by atomic mass is 32.2. The van der Waals surface area contributed by atoms with Crippen LogP contribution in [0.5, 0.6) is 11.5 Å². The maximum absolute atomic E-state index is 11.5. The van der Waals surface area contributed by atoms with Gasteiger partial charge in [0.05, 0.1) is 4.90 Å². The average Bonchev–Trinajstić information content (AvgIpc) is 2.38. The zero-order chi connectivity index (χ0) is 14.8. The van der Waals surface area contributed by atoms with Gasteiger partial charge in [-0.2, -0.15) is 0 Å². The molecule has 0 aromatic heterocycles. The van der Waals surface area contributed by atoms with Gasteiger partial charge in [0.25, 0.3) is 0 Å². The van der Waals surface area contributed by atoms with E-state index >= 15 is 0 Å². The van der Waals surface area contributed by atoms with E-state index < -0.39 is 9.84 Å². The minimum Gasteiger partial charge on any atom is -0.457 e. The number of sulfone groups is 1. The van der Waals surface area contributed by atoms with Crippen molar-refractivity contribution in [1.82, 2.24) is 0 Å². The van der Waals surface area contributed by atoms with Gasteiger partial charge in [-0.15, -0.1) is 0 Å². The fraction of sp³-hybridized carbons (Fsp3) is 0.0714. The zero-order valence-electron chi connectivity index (χ0n) is 10.7. The summed E-state index contributed by atoms with van der Waals surface area (Å²) in [6.07, 6.45) is 1.16. The van der Waals surface area contributed by atoms with Crippen LogP contribution in [-0.2, 0) is 9.84 Å². The molecule has 2 N–H and O–H groups in total. The van der Waals surface area contributed by atoms with Crippen molar-refractivity contribution in [2.24, 2.45) is 5.73 Å². The summed E-state index contributed by atoms with van der Waals surface area (Å²) in [5.74, 6) is 1.03. The SMILES string of the molecule is CS(=O)(=O)c1cccc(Oc2ccc(C(N)=S)cc2)c1. The Morgan fingerprint density at radius 3 is 2.30 bits per heavy atom. The van der Waals surface area contributed by atoms with Gasteiger partial charge in [0.1, 0.15) is 16.5 Å². The van der Waals surface area contributed by atoms with E-state index in [1.54, 1.807) is 36.4 Å². The quantitative estimate of drug-likeness (QED) is 0.879. The third-order valence-corrected chi connectivity index (χ3v) is 3.95. The van der Waals surface area contributed by atoms with Crippen LogP contribution in [0.2, 0.25) is 0 Å². The Hall–Kier alpha value is -1.92. The predicted octanol–water partition coefficient (Wildman–Crippen LogP) is 2.52. The Labute approximate surface area is 123 Å². The van der Waals surface area contributed by atoms with Crippen molar-refractivity contribution in [2.75, 3.05) is 6.26 Å². The molecule has 0 aliphatic carbocycles.